The summed E-state index contributed by atoms with van der Waals surface area (Å²) < 4.78 is 16.2. The Bertz CT molecular complexity index is 561. The summed E-state index contributed by atoms with van der Waals surface area (Å²) in [5, 5.41) is 18.5. The molecule has 0 bridgehead atoms. The third kappa shape index (κ3) is 3.68. The van der Waals surface area contributed by atoms with Gasteiger partial charge in [-0.25, -0.2) is 0 Å². The maximum Gasteiger partial charge on any atom is 0.488 e. The van der Waals surface area contributed by atoms with E-state index in [-0.39, 0.29) is 5.46 Å². The van der Waals surface area contributed by atoms with Crippen LogP contribution < -0.4 is 19.7 Å². The van der Waals surface area contributed by atoms with Crippen LogP contribution in [0.5, 0.6) is 17.2 Å². The van der Waals surface area contributed by atoms with Crippen LogP contribution in [0.3, 0.4) is 0 Å². The van der Waals surface area contributed by atoms with Crippen molar-refractivity contribution in [2.45, 2.75) is 6.61 Å². The van der Waals surface area contributed by atoms with Crippen LogP contribution in [-0.2, 0) is 6.61 Å². The lowest BCUT2D eigenvalue weighted by molar-refractivity contribution is 0.266. The first-order chi connectivity index (χ1) is 10.2. The van der Waals surface area contributed by atoms with E-state index < -0.39 is 7.12 Å². The Morgan fingerprint density at radius 3 is 2.00 bits per heavy atom. The number of ether oxygens (including phenoxy) is 3. The van der Waals surface area contributed by atoms with E-state index in [1.807, 2.05) is 30.3 Å². The highest BCUT2D eigenvalue weighted by Gasteiger charge is 2.20. The minimum absolute atomic E-state index is 0.274. The molecular weight excluding hydrogens is 271 g/mol. The fraction of sp³-hybridized carbons (Fsp3) is 0.200. The third-order valence-corrected chi connectivity index (χ3v) is 3.01. The minimum atomic E-state index is -1.60. The number of rotatable bonds is 6. The van der Waals surface area contributed by atoms with E-state index in [4.69, 9.17) is 14.2 Å². The molecule has 2 aromatic rings. The quantitative estimate of drug-likeness (QED) is 0.775. The highest BCUT2D eigenvalue weighted by Crippen LogP contribution is 2.36. The standard InChI is InChI=1S/C15H17BO5/c1-19-13-8-12(16(17)18)9-14(20-2)15(13)21-10-11-6-4-3-5-7-11/h3-9,17-18H,10H2,1-2H3. The van der Waals surface area contributed by atoms with Gasteiger partial charge in [0.2, 0.25) is 5.75 Å². The van der Waals surface area contributed by atoms with Crippen LogP contribution in [0.4, 0.5) is 0 Å². The summed E-state index contributed by atoms with van der Waals surface area (Å²) in [6.45, 7) is 0.356. The van der Waals surface area contributed by atoms with Crippen molar-refractivity contribution in [3.8, 4) is 17.2 Å². The zero-order valence-corrected chi connectivity index (χ0v) is 11.9. The van der Waals surface area contributed by atoms with E-state index in [0.717, 1.165) is 5.56 Å². The molecule has 0 saturated carbocycles. The molecule has 110 valence electrons. The highest BCUT2D eigenvalue weighted by molar-refractivity contribution is 6.58. The number of hydrogen-bond acceptors (Lipinski definition) is 5. The predicted octanol–water partition coefficient (Wildman–Crippen LogP) is 0.963. The van der Waals surface area contributed by atoms with Crippen LogP contribution >= 0.6 is 0 Å². The van der Waals surface area contributed by atoms with Gasteiger partial charge in [-0.05, 0) is 23.2 Å². The second kappa shape index (κ2) is 7.01. The van der Waals surface area contributed by atoms with E-state index >= 15 is 0 Å². The zero-order valence-electron chi connectivity index (χ0n) is 11.9. The first kappa shape index (κ1) is 15.2. The molecule has 6 heteroatoms. The Labute approximate surface area is 123 Å². The largest absolute Gasteiger partial charge is 0.493 e. The van der Waals surface area contributed by atoms with Crippen molar-refractivity contribution < 1.29 is 24.3 Å². The van der Waals surface area contributed by atoms with Gasteiger partial charge in [-0.15, -0.1) is 0 Å². The maximum absolute atomic E-state index is 9.27. The van der Waals surface area contributed by atoms with Crippen molar-refractivity contribution in [3.63, 3.8) is 0 Å². The molecular formula is C15H17BO5. The van der Waals surface area contributed by atoms with Crippen LogP contribution in [0, 0.1) is 0 Å². The molecule has 0 aliphatic carbocycles. The van der Waals surface area contributed by atoms with Gasteiger partial charge in [-0.2, -0.15) is 0 Å². The van der Waals surface area contributed by atoms with Gasteiger partial charge >= 0.3 is 7.12 Å². The van der Waals surface area contributed by atoms with Crippen LogP contribution in [0.1, 0.15) is 5.56 Å². The molecule has 21 heavy (non-hydrogen) atoms. The molecule has 2 N–H and O–H groups in total. The molecule has 0 atom stereocenters. The van der Waals surface area contributed by atoms with Crippen molar-refractivity contribution in [1.82, 2.24) is 0 Å². The molecule has 2 aromatic carbocycles. The summed E-state index contributed by atoms with van der Waals surface area (Å²) >= 11 is 0. The lowest BCUT2D eigenvalue weighted by Crippen LogP contribution is -2.30. The average molecular weight is 288 g/mol. The molecule has 2 rings (SSSR count). The fourth-order valence-corrected chi connectivity index (χ4v) is 1.92. The predicted molar refractivity (Wildman–Crippen MR) is 80.1 cm³/mol. The number of methoxy groups -OCH3 is 2. The van der Waals surface area contributed by atoms with Crippen molar-refractivity contribution in [2.75, 3.05) is 14.2 Å². The molecule has 0 fully saturated rings. The van der Waals surface area contributed by atoms with E-state index in [0.29, 0.717) is 23.9 Å². The van der Waals surface area contributed by atoms with E-state index in [1.165, 1.54) is 26.4 Å². The Balaban J connectivity index is 2.28. The van der Waals surface area contributed by atoms with Crippen molar-refractivity contribution in [2.24, 2.45) is 0 Å². The van der Waals surface area contributed by atoms with Crippen molar-refractivity contribution >= 4 is 12.6 Å². The van der Waals surface area contributed by atoms with Crippen LogP contribution in [0.2, 0.25) is 0 Å². The SMILES string of the molecule is COc1cc(B(O)O)cc(OC)c1OCc1ccccc1. The molecule has 0 heterocycles. The average Bonchev–Trinajstić information content (AvgIpc) is 2.52. The molecule has 0 aromatic heterocycles. The van der Waals surface area contributed by atoms with E-state index in [9.17, 15) is 10.0 Å². The normalized spacial score (nSPS) is 10.1. The monoisotopic (exact) mass is 288 g/mol. The van der Waals surface area contributed by atoms with Gasteiger partial charge in [-0.1, -0.05) is 30.3 Å². The first-order valence-electron chi connectivity index (χ1n) is 6.44. The summed E-state index contributed by atoms with van der Waals surface area (Å²) in [7, 11) is 1.37. The van der Waals surface area contributed by atoms with Crippen LogP contribution in [0.15, 0.2) is 42.5 Å². The van der Waals surface area contributed by atoms with E-state index in [2.05, 4.69) is 0 Å². The van der Waals surface area contributed by atoms with Gasteiger partial charge in [0, 0.05) is 0 Å². The van der Waals surface area contributed by atoms with E-state index in [1.54, 1.807) is 0 Å². The second-order valence-corrected chi connectivity index (χ2v) is 4.40. The van der Waals surface area contributed by atoms with Gasteiger partial charge in [0.1, 0.15) is 6.61 Å². The smallest absolute Gasteiger partial charge is 0.488 e. The molecule has 0 aliphatic rings. The molecule has 0 amide bonds. The molecule has 0 spiro atoms. The topological polar surface area (TPSA) is 68.2 Å². The Morgan fingerprint density at radius 2 is 1.52 bits per heavy atom. The van der Waals surface area contributed by atoms with Crippen LogP contribution in [-0.4, -0.2) is 31.4 Å². The molecule has 0 radical (unpaired) electrons. The summed E-state index contributed by atoms with van der Waals surface area (Å²) in [4.78, 5) is 0. The number of benzene rings is 2. The summed E-state index contributed by atoms with van der Waals surface area (Å²) in [5.41, 5.74) is 1.28. The van der Waals surface area contributed by atoms with Crippen molar-refractivity contribution in [3.05, 3.63) is 48.0 Å². The van der Waals surface area contributed by atoms with Gasteiger partial charge in [0.25, 0.3) is 0 Å². The number of hydrogen-bond donors (Lipinski definition) is 2. The van der Waals surface area contributed by atoms with Gasteiger partial charge < -0.3 is 24.3 Å². The fourth-order valence-electron chi connectivity index (χ4n) is 1.92. The molecule has 5 nitrogen and oxygen atoms in total. The lowest BCUT2D eigenvalue weighted by atomic mass is 9.80. The zero-order chi connectivity index (χ0) is 15.2. The summed E-state index contributed by atoms with van der Waals surface area (Å²) in [6, 6.07) is 12.7. The Kier molecular flexibility index (Phi) is 5.08. The maximum atomic E-state index is 9.27. The van der Waals surface area contributed by atoms with Crippen molar-refractivity contribution in [1.29, 1.82) is 0 Å². The molecule has 0 aliphatic heterocycles. The lowest BCUT2D eigenvalue weighted by Gasteiger charge is -2.16. The summed E-state index contributed by atoms with van der Waals surface area (Å²) in [6.07, 6.45) is 0. The molecule has 0 unspecified atom stereocenters. The van der Waals surface area contributed by atoms with Gasteiger partial charge in [0.05, 0.1) is 14.2 Å². The van der Waals surface area contributed by atoms with Crippen LogP contribution in [0.25, 0.3) is 0 Å². The summed E-state index contributed by atoms with van der Waals surface area (Å²) in [5.74, 6) is 1.19. The minimum Gasteiger partial charge on any atom is -0.493 e. The Morgan fingerprint density at radius 1 is 0.952 bits per heavy atom. The van der Waals surface area contributed by atoms with Gasteiger partial charge in [-0.3, -0.25) is 0 Å². The second-order valence-electron chi connectivity index (χ2n) is 4.40. The Hall–Kier alpha value is -2.18. The van der Waals surface area contributed by atoms with Gasteiger partial charge in [0.15, 0.2) is 11.5 Å². The highest BCUT2D eigenvalue weighted by atomic mass is 16.5. The third-order valence-electron chi connectivity index (χ3n) is 3.01. The molecule has 0 saturated heterocycles. The first-order valence-corrected chi connectivity index (χ1v) is 6.44.